The number of aromatic hydroxyl groups is 1. The molecule has 0 atom stereocenters. The molecule has 0 aliphatic heterocycles. The number of rotatable bonds is 3. The van der Waals surface area contributed by atoms with Crippen molar-refractivity contribution in [2.45, 2.75) is 6.61 Å². The summed E-state index contributed by atoms with van der Waals surface area (Å²) in [5.74, 6) is 1.23. The molecule has 21 heavy (non-hydrogen) atoms. The smallest absolute Gasteiger partial charge is 0.364 e. The van der Waals surface area contributed by atoms with Crippen LogP contribution in [-0.2, 0) is 6.61 Å². The molecule has 2 N–H and O–H groups in total. The highest BCUT2D eigenvalue weighted by atomic mass is 16.5. The van der Waals surface area contributed by atoms with E-state index < -0.39 is 0 Å². The van der Waals surface area contributed by atoms with Crippen molar-refractivity contribution in [3.05, 3.63) is 54.1 Å². The van der Waals surface area contributed by atoms with Crippen LogP contribution in [0.25, 0.3) is 22.3 Å². The second-order valence-corrected chi connectivity index (χ2v) is 4.71. The fourth-order valence-corrected chi connectivity index (χ4v) is 2.21. The molecule has 1 heterocycles. The maximum absolute atomic E-state index is 10.1. The average Bonchev–Trinajstić information content (AvgIpc) is 2.53. The molecule has 0 spiro atoms. The number of benzene rings is 2. The van der Waals surface area contributed by atoms with Crippen LogP contribution in [0.15, 0.2) is 52.9 Å². The van der Waals surface area contributed by atoms with E-state index in [2.05, 4.69) is 0 Å². The third kappa shape index (κ3) is 2.53. The lowest BCUT2D eigenvalue weighted by Crippen LogP contribution is -1.86. The Bertz CT molecular complexity index is 796. The van der Waals surface area contributed by atoms with Crippen molar-refractivity contribution in [3.8, 4) is 22.8 Å². The van der Waals surface area contributed by atoms with E-state index in [9.17, 15) is 10.2 Å². The van der Waals surface area contributed by atoms with Crippen LogP contribution in [0.5, 0.6) is 11.5 Å². The minimum Gasteiger partial charge on any atom is -0.507 e. The molecule has 0 saturated heterocycles. The fourth-order valence-electron chi connectivity index (χ4n) is 2.21. The molecular formula is C17H15O4+. The summed E-state index contributed by atoms with van der Waals surface area (Å²) in [6.07, 6.45) is 0. The Morgan fingerprint density at radius 3 is 2.57 bits per heavy atom. The van der Waals surface area contributed by atoms with E-state index in [0.29, 0.717) is 22.7 Å². The molecule has 4 nitrogen and oxygen atoms in total. The molecule has 4 heteroatoms. The van der Waals surface area contributed by atoms with Gasteiger partial charge in [-0.25, -0.2) is 4.42 Å². The predicted octanol–water partition coefficient (Wildman–Crippen LogP) is 3.59. The SMILES string of the molecule is COc1ccc(-c2ccc3ccc(CO)cc3[o+]2)c(O)c1. The van der Waals surface area contributed by atoms with Crippen LogP contribution in [0, 0.1) is 0 Å². The van der Waals surface area contributed by atoms with Crippen molar-refractivity contribution in [2.24, 2.45) is 0 Å². The molecule has 0 bridgehead atoms. The first kappa shape index (κ1) is 13.4. The van der Waals surface area contributed by atoms with Crippen molar-refractivity contribution < 1.29 is 19.4 Å². The Morgan fingerprint density at radius 2 is 1.86 bits per heavy atom. The Balaban J connectivity index is 2.11. The lowest BCUT2D eigenvalue weighted by atomic mass is 10.1. The van der Waals surface area contributed by atoms with E-state index in [-0.39, 0.29) is 12.4 Å². The summed E-state index contributed by atoms with van der Waals surface area (Å²) < 4.78 is 10.9. The Morgan fingerprint density at radius 1 is 1.05 bits per heavy atom. The molecule has 0 radical (unpaired) electrons. The van der Waals surface area contributed by atoms with Gasteiger partial charge in [-0.1, -0.05) is 6.07 Å². The first-order valence-corrected chi connectivity index (χ1v) is 6.55. The highest BCUT2D eigenvalue weighted by Crippen LogP contribution is 2.34. The first-order valence-electron chi connectivity index (χ1n) is 6.55. The number of aliphatic hydroxyl groups is 1. The minimum absolute atomic E-state index is 0.0382. The van der Waals surface area contributed by atoms with Crippen molar-refractivity contribution >= 4 is 11.0 Å². The van der Waals surface area contributed by atoms with Gasteiger partial charge < -0.3 is 14.9 Å². The van der Waals surface area contributed by atoms with Gasteiger partial charge in [-0.2, -0.15) is 0 Å². The van der Waals surface area contributed by atoms with Crippen molar-refractivity contribution in [1.82, 2.24) is 0 Å². The number of fused-ring (bicyclic) bond motifs is 1. The number of hydrogen-bond acceptors (Lipinski definition) is 3. The van der Waals surface area contributed by atoms with Gasteiger partial charge in [0.15, 0.2) is 0 Å². The van der Waals surface area contributed by atoms with Crippen LogP contribution in [0.4, 0.5) is 0 Å². The Hall–Kier alpha value is -2.59. The van der Waals surface area contributed by atoms with Gasteiger partial charge in [-0.15, -0.1) is 0 Å². The second kappa shape index (κ2) is 5.42. The largest absolute Gasteiger partial charge is 0.507 e. The molecule has 0 aliphatic rings. The lowest BCUT2D eigenvalue weighted by molar-refractivity contribution is 0.282. The summed E-state index contributed by atoms with van der Waals surface area (Å²) in [5.41, 5.74) is 2.03. The molecule has 2 aromatic carbocycles. The lowest BCUT2D eigenvalue weighted by Gasteiger charge is -2.02. The number of phenols is 1. The topological polar surface area (TPSA) is 61.0 Å². The zero-order valence-corrected chi connectivity index (χ0v) is 11.5. The fraction of sp³-hybridized carbons (Fsp3) is 0.118. The Labute approximate surface area is 121 Å². The summed E-state index contributed by atoms with van der Waals surface area (Å²) in [6.45, 7) is -0.0382. The van der Waals surface area contributed by atoms with Crippen LogP contribution in [0.1, 0.15) is 5.56 Å². The minimum atomic E-state index is -0.0382. The number of hydrogen-bond donors (Lipinski definition) is 2. The van der Waals surface area contributed by atoms with Crippen LogP contribution in [0.3, 0.4) is 0 Å². The average molecular weight is 283 g/mol. The second-order valence-electron chi connectivity index (χ2n) is 4.71. The molecule has 0 saturated carbocycles. The standard InChI is InChI=1S/C17H14O4/c1-20-13-5-6-14(15(19)9-13)16-7-4-12-3-2-11(10-18)8-17(12)21-16/h2-9,18H,10H2,1H3/p+1. The third-order valence-corrected chi connectivity index (χ3v) is 3.37. The summed E-state index contributed by atoms with van der Waals surface area (Å²) in [7, 11) is 1.55. The van der Waals surface area contributed by atoms with E-state index in [4.69, 9.17) is 9.15 Å². The Kier molecular flexibility index (Phi) is 3.46. The molecule has 106 valence electrons. The van der Waals surface area contributed by atoms with Crippen molar-refractivity contribution in [3.63, 3.8) is 0 Å². The number of methoxy groups -OCH3 is 1. The molecule has 1 aromatic heterocycles. The molecule has 3 rings (SSSR count). The summed E-state index contributed by atoms with van der Waals surface area (Å²) in [5, 5.41) is 20.2. The van der Waals surface area contributed by atoms with E-state index in [1.54, 1.807) is 31.4 Å². The monoisotopic (exact) mass is 283 g/mol. The molecule has 0 fully saturated rings. The van der Waals surface area contributed by atoms with Gasteiger partial charge in [0.05, 0.1) is 19.1 Å². The summed E-state index contributed by atoms with van der Waals surface area (Å²) in [4.78, 5) is 0. The van der Waals surface area contributed by atoms with E-state index in [0.717, 1.165) is 10.9 Å². The maximum Gasteiger partial charge on any atom is 0.364 e. The molecule has 0 amide bonds. The van der Waals surface area contributed by atoms with Gasteiger partial charge in [-0.05, 0) is 29.8 Å². The van der Waals surface area contributed by atoms with Gasteiger partial charge in [0.1, 0.15) is 17.1 Å². The molecule has 0 unspecified atom stereocenters. The molecular weight excluding hydrogens is 268 g/mol. The van der Waals surface area contributed by atoms with Gasteiger partial charge in [-0.3, -0.25) is 0 Å². The van der Waals surface area contributed by atoms with E-state index in [1.807, 2.05) is 24.3 Å². The number of phenolic OH excluding ortho intramolecular Hbond substituents is 1. The predicted molar refractivity (Wildman–Crippen MR) is 80.2 cm³/mol. The summed E-state index contributed by atoms with van der Waals surface area (Å²) in [6, 6.07) is 14.3. The van der Waals surface area contributed by atoms with Gasteiger partial charge in [0.25, 0.3) is 0 Å². The number of aliphatic hydroxyl groups excluding tert-OH is 1. The zero-order valence-electron chi connectivity index (χ0n) is 11.5. The van der Waals surface area contributed by atoms with Crippen molar-refractivity contribution in [1.29, 1.82) is 0 Å². The van der Waals surface area contributed by atoms with Crippen LogP contribution < -0.4 is 4.74 Å². The van der Waals surface area contributed by atoms with Crippen LogP contribution in [0.2, 0.25) is 0 Å². The number of ether oxygens (including phenoxy) is 1. The quantitative estimate of drug-likeness (QED) is 0.721. The highest BCUT2D eigenvalue weighted by molar-refractivity contribution is 5.80. The van der Waals surface area contributed by atoms with E-state index >= 15 is 0 Å². The zero-order chi connectivity index (χ0) is 14.8. The molecule has 0 aliphatic carbocycles. The normalized spacial score (nSPS) is 10.8. The summed E-state index contributed by atoms with van der Waals surface area (Å²) >= 11 is 0. The highest BCUT2D eigenvalue weighted by Gasteiger charge is 2.18. The molecule has 3 aromatic rings. The van der Waals surface area contributed by atoms with Gasteiger partial charge in [0.2, 0.25) is 0 Å². The first-order chi connectivity index (χ1) is 10.2. The third-order valence-electron chi connectivity index (χ3n) is 3.37. The van der Waals surface area contributed by atoms with Gasteiger partial charge >= 0.3 is 11.3 Å². The van der Waals surface area contributed by atoms with Crippen molar-refractivity contribution in [2.75, 3.05) is 7.11 Å². The van der Waals surface area contributed by atoms with Gasteiger partial charge in [0, 0.05) is 18.2 Å². The van der Waals surface area contributed by atoms with E-state index in [1.165, 1.54) is 0 Å². The van der Waals surface area contributed by atoms with Crippen LogP contribution >= 0.6 is 0 Å². The maximum atomic E-state index is 10.1. The van der Waals surface area contributed by atoms with Crippen LogP contribution in [-0.4, -0.2) is 17.3 Å².